The SMILES string of the molecule is COc1ccc(NC(=O)COC(=O)c2c3c(nc4ccccc24)/C(=C\c2ccc(Cl)cc2)CCC3)cc1S(=O)(=O)N1CCCCC1. The molecule has 11 heteroatoms. The summed E-state index contributed by atoms with van der Waals surface area (Å²) in [5, 5.41) is 3.97. The lowest BCUT2D eigenvalue weighted by Crippen LogP contribution is -2.35. The van der Waals surface area contributed by atoms with Crippen LogP contribution in [0, 0.1) is 0 Å². The average molecular weight is 660 g/mol. The van der Waals surface area contributed by atoms with E-state index in [1.54, 1.807) is 6.07 Å². The van der Waals surface area contributed by atoms with Crippen LogP contribution in [0.4, 0.5) is 5.69 Å². The highest BCUT2D eigenvalue weighted by Gasteiger charge is 2.30. The van der Waals surface area contributed by atoms with E-state index in [0.717, 1.165) is 54.5 Å². The van der Waals surface area contributed by atoms with Crippen molar-refractivity contribution in [2.75, 3.05) is 32.1 Å². The molecule has 1 aliphatic carbocycles. The van der Waals surface area contributed by atoms with Crippen molar-refractivity contribution in [2.24, 2.45) is 0 Å². The normalized spacial score (nSPS) is 16.2. The number of esters is 1. The van der Waals surface area contributed by atoms with E-state index in [1.165, 1.54) is 23.5 Å². The molecule has 1 fully saturated rings. The van der Waals surface area contributed by atoms with E-state index < -0.39 is 28.5 Å². The Kier molecular flexibility index (Phi) is 9.39. The second kappa shape index (κ2) is 13.6. The van der Waals surface area contributed by atoms with Crippen molar-refractivity contribution >= 4 is 61.7 Å². The van der Waals surface area contributed by atoms with Crippen LogP contribution in [0.2, 0.25) is 5.02 Å². The highest BCUT2D eigenvalue weighted by Crippen LogP contribution is 2.37. The summed E-state index contributed by atoms with van der Waals surface area (Å²) in [6, 6.07) is 19.4. The van der Waals surface area contributed by atoms with Crippen molar-refractivity contribution in [1.29, 1.82) is 0 Å². The molecular weight excluding hydrogens is 626 g/mol. The number of hydrogen-bond acceptors (Lipinski definition) is 7. The Balaban J connectivity index is 1.23. The highest BCUT2D eigenvalue weighted by atomic mass is 35.5. The minimum atomic E-state index is -3.83. The number of amides is 1. The fourth-order valence-electron chi connectivity index (χ4n) is 6.07. The van der Waals surface area contributed by atoms with Crippen LogP contribution in [0.25, 0.3) is 22.6 Å². The van der Waals surface area contributed by atoms with E-state index in [1.807, 2.05) is 48.5 Å². The zero-order valence-corrected chi connectivity index (χ0v) is 27.0. The smallest absolute Gasteiger partial charge is 0.339 e. The lowest BCUT2D eigenvalue weighted by atomic mass is 9.86. The molecule has 1 saturated heterocycles. The quantitative estimate of drug-likeness (QED) is 0.208. The van der Waals surface area contributed by atoms with Gasteiger partial charge in [-0.2, -0.15) is 4.31 Å². The van der Waals surface area contributed by atoms with Crippen molar-refractivity contribution in [1.82, 2.24) is 9.29 Å². The number of ether oxygens (including phenoxy) is 2. The second-order valence-electron chi connectivity index (χ2n) is 11.4. The number of para-hydroxylation sites is 1. The fraction of sp³-hybridized carbons (Fsp3) is 0.286. The third-order valence-corrected chi connectivity index (χ3v) is 10.5. The van der Waals surface area contributed by atoms with Gasteiger partial charge in [0.2, 0.25) is 10.0 Å². The minimum Gasteiger partial charge on any atom is -0.495 e. The number of nitrogens with one attached hydrogen (secondary N) is 1. The first-order valence-corrected chi connectivity index (χ1v) is 17.1. The molecule has 0 radical (unpaired) electrons. The number of allylic oxidation sites excluding steroid dienone is 1. The van der Waals surface area contributed by atoms with E-state index in [2.05, 4.69) is 11.4 Å². The van der Waals surface area contributed by atoms with E-state index in [4.69, 9.17) is 26.1 Å². The van der Waals surface area contributed by atoms with Crippen LogP contribution in [-0.2, 0) is 26.0 Å². The number of halogens is 1. The van der Waals surface area contributed by atoms with Gasteiger partial charge in [-0.1, -0.05) is 48.4 Å². The molecule has 1 amide bonds. The Labute approximate surface area is 273 Å². The van der Waals surface area contributed by atoms with Gasteiger partial charge in [0.15, 0.2) is 6.61 Å². The first-order chi connectivity index (χ1) is 22.2. The summed E-state index contributed by atoms with van der Waals surface area (Å²) in [4.78, 5) is 31.6. The lowest BCUT2D eigenvalue weighted by molar-refractivity contribution is -0.119. The molecule has 0 bridgehead atoms. The van der Waals surface area contributed by atoms with E-state index >= 15 is 0 Å². The Morgan fingerprint density at radius 1 is 0.978 bits per heavy atom. The third kappa shape index (κ3) is 6.65. The van der Waals surface area contributed by atoms with Crippen molar-refractivity contribution in [2.45, 2.75) is 43.4 Å². The summed E-state index contributed by atoms with van der Waals surface area (Å²) in [5.41, 5.74) is 4.83. The molecule has 4 aromatic rings. The lowest BCUT2D eigenvalue weighted by Gasteiger charge is -2.26. The number of methoxy groups -OCH3 is 1. The molecule has 0 unspecified atom stereocenters. The van der Waals surface area contributed by atoms with Crippen LogP contribution in [0.15, 0.2) is 71.6 Å². The van der Waals surface area contributed by atoms with E-state index in [9.17, 15) is 18.0 Å². The van der Waals surface area contributed by atoms with E-state index in [-0.39, 0.29) is 16.3 Å². The maximum Gasteiger partial charge on any atom is 0.339 e. The first-order valence-electron chi connectivity index (χ1n) is 15.3. The number of carbonyl (C=O) groups is 2. The molecule has 0 spiro atoms. The molecule has 9 nitrogen and oxygen atoms in total. The molecular formula is C35H34ClN3O6S. The number of piperidine rings is 1. The standard InChI is InChI=1S/C35H34ClN3O6S/c1-44-30-17-16-26(21-31(30)46(42,43)39-18-5-2-6-19-39)37-32(40)22-45-35(41)33-27-9-3-4-11-29(27)38-34-24(8-7-10-28(33)34)20-23-12-14-25(36)15-13-23/h3-4,9,11-17,20-21H,2,5-8,10,18-19,22H2,1H3,(H,37,40)/b24-20-. The Morgan fingerprint density at radius 3 is 2.50 bits per heavy atom. The number of rotatable bonds is 8. The van der Waals surface area contributed by atoms with Crippen molar-refractivity contribution in [3.8, 4) is 5.75 Å². The summed E-state index contributed by atoms with van der Waals surface area (Å²) >= 11 is 6.08. The number of sulfonamides is 1. The molecule has 1 aromatic heterocycles. The monoisotopic (exact) mass is 659 g/mol. The number of anilines is 1. The van der Waals surface area contributed by atoms with Crippen LogP contribution in [0.5, 0.6) is 5.75 Å². The maximum absolute atomic E-state index is 13.7. The zero-order chi connectivity index (χ0) is 32.3. The van der Waals surface area contributed by atoms with Gasteiger partial charge in [-0.3, -0.25) is 4.79 Å². The molecule has 6 rings (SSSR count). The summed E-state index contributed by atoms with van der Waals surface area (Å²) in [7, 11) is -2.42. The number of nitrogens with zero attached hydrogens (tertiary/aromatic N) is 2. The maximum atomic E-state index is 13.7. The molecule has 238 valence electrons. The molecule has 2 heterocycles. The number of carbonyl (C=O) groups excluding carboxylic acids is 2. The van der Waals surface area contributed by atoms with Crippen molar-refractivity contribution in [3.05, 3.63) is 94.1 Å². The van der Waals surface area contributed by atoms with Crippen molar-refractivity contribution < 1.29 is 27.5 Å². The van der Waals surface area contributed by atoms with Gasteiger partial charge in [-0.05, 0) is 91.3 Å². The number of aromatic nitrogens is 1. The van der Waals surface area contributed by atoms with Crippen LogP contribution in [0.3, 0.4) is 0 Å². The van der Waals surface area contributed by atoms with E-state index in [0.29, 0.717) is 41.0 Å². The fourth-order valence-corrected chi connectivity index (χ4v) is 7.89. The molecule has 46 heavy (non-hydrogen) atoms. The number of pyridine rings is 1. The summed E-state index contributed by atoms with van der Waals surface area (Å²) in [5.74, 6) is -1.04. The van der Waals surface area contributed by atoms with Crippen LogP contribution < -0.4 is 10.1 Å². The van der Waals surface area contributed by atoms with Gasteiger partial charge < -0.3 is 14.8 Å². The largest absolute Gasteiger partial charge is 0.495 e. The summed E-state index contributed by atoms with van der Waals surface area (Å²) < 4.78 is 39.1. The Morgan fingerprint density at radius 2 is 1.74 bits per heavy atom. The van der Waals surface area contributed by atoms with Gasteiger partial charge in [-0.25, -0.2) is 18.2 Å². The molecule has 3 aromatic carbocycles. The van der Waals surface area contributed by atoms with Gasteiger partial charge in [0.25, 0.3) is 5.91 Å². The highest BCUT2D eigenvalue weighted by molar-refractivity contribution is 7.89. The van der Waals surface area contributed by atoms with Crippen LogP contribution in [0.1, 0.15) is 59.3 Å². The van der Waals surface area contributed by atoms with Gasteiger partial charge in [0, 0.05) is 29.2 Å². The molecule has 0 saturated carbocycles. The first kappa shape index (κ1) is 31.7. The van der Waals surface area contributed by atoms with Crippen molar-refractivity contribution in [3.63, 3.8) is 0 Å². The minimum absolute atomic E-state index is 0.0240. The Hall–Kier alpha value is -4.25. The second-order valence-corrected chi connectivity index (χ2v) is 13.7. The average Bonchev–Trinajstić information content (AvgIpc) is 3.07. The zero-order valence-electron chi connectivity index (χ0n) is 25.4. The van der Waals surface area contributed by atoms with Gasteiger partial charge in [0.1, 0.15) is 10.6 Å². The molecule has 1 aliphatic heterocycles. The number of fused-ring (bicyclic) bond motifs is 2. The topological polar surface area (TPSA) is 115 Å². The van der Waals surface area contributed by atoms with Gasteiger partial charge in [-0.15, -0.1) is 0 Å². The van der Waals surface area contributed by atoms with Crippen LogP contribution >= 0.6 is 11.6 Å². The van der Waals surface area contributed by atoms with Gasteiger partial charge >= 0.3 is 5.97 Å². The summed E-state index contributed by atoms with van der Waals surface area (Å²) in [6.45, 7) is 0.311. The number of hydrogen-bond donors (Lipinski definition) is 1. The summed E-state index contributed by atoms with van der Waals surface area (Å²) in [6.07, 6.45) is 6.90. The number of benzene rings is 3. The molecule has 1 N–H and O–H groups in total. The predicted octanol–water partition coefficient (Wildman–Crippen LogP) is 6.74. The Bertz CT molecular complexity index is 1940. The predicted molar refractivity (Wildman–Crippen MR) is 179 cm³/mol. The molecule has 2 aliphatic rings. The third-order valence-electron chi connectivity index (χ3n) is 8.30. The molecule has 0 atom stereocenters. The van der Waals surface area contributed by atoms with Gasteiger partial charge in [0.05, 0.1) is 23.9 Å². The van der Waals surface area contributed by atoms with Crippen LogP contribution in [-0.4, -0.2) is 56.4 Å².